The van der Waals surface area contributed by atoms with Crippen molar-refractivity contribution in [3.8, 4) is 0 Å². The number of carbonyl (C=O) groups is 1. The molecule has 1 aromatic rings. The van der Waals surface area contributed by atoms with Crippen LogP contribution >= 0.6 is 27.5 Å². The lowest BCUT2D eigenvalue weighted by Gasteiger charge is -2.22. The van der Waals surface area contributed by atoms with Crippen LogP contribution in [0.25, 0.3) is 0 Å². The Labute approximate surface area is 133 Å². The SMILES string of the molecule is CC[NH+]1C(Cl)CN(CC(=O)c2ccc(Br)cc2)C1C.[OH-]. The Hall–Kier alpha value is -0.460. The molecular weight excluding hydrogens is 344 g/mol. The highest BCUT2D eigenvalue weighted by Gasteiger charge is 2.39. The number of halogens is 2. The number of rotatable bonds is 4. The van der Waals surface area contributed by atoms with Crippen LogP contribution in [-0.2, 0) is 0 Å². The van der Waals surface area contributed by atoms with Crippen molar-refractivity contribution in [3.05, 3.63) is 34.3 Å². The van der Waals surface area contributed by atoms with Gasteiger partial charge in [0.2, 0.25) is 0 Å². The van der Waals surface area contributed by atoms with E-state index in [0.717, 1.165) is 23.1 Å². The first kappa shape index (κ1) is 17.6. The number of carbonyl (C=O) groups excluding carboxylic acids is 1. The van der Waals surface area contributed by atoms with Crippen molar-refractivity contribution in [2.24, 2.45) is 0 Å². The fourth-order valence-corrected chi connectivity index (χ4v) is 3.39. The highest BCUT2D eigenvalue weighted by atomic mass is 79.9. The molecule has 2 rings (SSSR count). The summed E-state index contributed by atoms with van der Waals surface area (Å²) in [6.07, 6.45) is 0.298. The molecule has 2 N–H and O–H groups in total. The van der Waals surface area contributed by atoms with Crippen molar-refractivity contribution in [1.82, 2.24) is 4.90 Å². The zero-order valence-corrected chi connectivity index (χ0v) is 14.0. The predicted molar refractivity (Wildman–Crippen MR) is 82.6 cm³/mol. The minimum atomic E-state index is 0. The van der Waals surface area contributed by atoms with Crippen molar-refractivity contribution in [2.75, 3.05) is 19.6 Å². The van der Waals surface area contributed by atoms with Gasteiger partial charge in [0.05, 0.1) is 19.6 Å². The molecule has 1 fully saturated rings. The number of hydrogen-bond donors (Lipinski definition) is 1. The topological polar surface area (TPSA) is 54.8 Å². The minimum Gasteiger partial charge on any atom is -0.870 e. The number of likely N-dealkylation sites (N-methyl/N-ethyl adjacent to an activating group) is 1. The maximum atomic E-state index is 12.2. The van der Waals surface area contributed by atoms with E-state index in [9.17, 15) is 4.79 Å². The van der Waals surface area contributed by atoms with E-state index in [1.807, 2.05) is 24.3 Å². The number of Topliss-reactive ketones (excluding diaryl/α,β-unsaturated/α-hetero) is 1. The molecule has 1 heterocycles. The lowest BCUT2D eigenvalue weighted by atomic mass is 10.1. The third-order valence-electron chi connectivity index (χ3n) is 3.80. The molecule has 0 bridgehead atoms. The van der Waals surface area contributed by atoms with Gasteiger partial charge in [0.25, 0.3) is 0 Å². The molecule has 6 heteroatoms. The third kappa shape index (κ3) is 3.80. The summed E-state index contributed by atoms with van der Waals surface area (Å²) < 4.78 is 0.987. The molecule has 0 amide bonds. The fraction of sp³-hybridized carbons (Fsp3) is 0.500. The molecule has 1 aromatic carbocycles. The quantitative estimate of drug-likeness (QED) is 0.502. The van der Waals surface area contributed by atoms with Gasteiger partial charge in [-0.25, -0.2) is 4.90 Å². The van der Waals surface area contributed by atoms with E-state index in [1.54, 1.807) is 0 Å². The number of benzene rings is 1. The Balaban J connectivity index is 0.00000200. The van der Waals surface area contributed by atoms with Crippen LogP contribution in [0.5, 0.6) is 0 Å². The lowest BCUT2D eigenvalue weighted by Crippen LogP contribution is -3.16. The van der Waals surface area contributed by atoms with E-state index in [1.165, 1.54) is 4.90 Å². The Bertz CT molecular complexity index is 455. The van der Waals surface area contributed by atoms with Gasteiger partial charge in [-0.15, -0.1) is 0 Å². The molecule has 1 aliphatic rings. The highest BCUT2D eigenvalue weighted by Crippen LogP contribution is 2.13. The van der Waals surface area contributed by atoms with Crippen molar-refractivity contribution >= 4 is 33.3 Å². The van der Waals surface area contributed by atoms with Gasteiger partial charge in [-0.1, -0.05) is 39.7 Å². The van der Waals surface area contributed by atoms with Crippen LogP contribution in [0.15, 0.2) is 28.7 Å². The number of quaternary nitrogens is 1. The molecule has 3 atom stereocenters. The normalized spacial score (nSPS) is 26.3. The number of hydrogen-bond acceptors (Lipinski definition) is 3. The molecule has 4 nitrogen and oxygen atoms in total. The van der Waals surface area contributed by atoms with Gasteiger partial charge in [-0.3, -0.25) is 4.79 Å². The molecule has 0 aromatic heterocycles. The average molecular weight is 364 g/mol. The summed E-state index contributed by atoms with van der Waals surface area (Å²) >= 11 is 9.70. The Kier molecular flexibility index (Phi) is 6.61. The first-order chi connectivity index (χ1) is 9.02. The van der Waals surface area contributed by atoms with Gasteiger partial charge in [-0.05, 0) is 19.1 Å². The Morgan fingerprint density at radius 2 is 2.05 bits per heavy atom. The first-order valence-electron chi connectivity index (χ1n) is 6.55. The van der Waals surface area contributed by atoms with E-state index in [4.69, 9.17) is 11.6 Å². The molecule has 0 radical (unpaired) electrons. The molecule has 0 aliphatic carbocycles. The zero-order valence-electron chi connectivity index (χ0n) is 11.6. The standard InChI is InChI=1S/C14H18BrClN2O.H2O/c1-3-18-10(2)17(9-14(18)16)8-13(19)11-4-6-12(15)7-5-11;/h4-7,10,14H,3,8-9H2,1-2H3;1H2. The molecule has 20 heavy (non-hydrogen) atoms. The number of nitrogens with one attached hydrogen (secondary N) is 1. The molecule has 3 unspecified atom stereocenters. The van der Waals surface area contributed by atoms with Gasteiger partial charge in [-0.2, -0.15) is 0 Å². The Morgan fingerprint density at radius 1 is 1.45 bits per heavy atom. The maximum absolute atomic E-state index is 12.2. The minimum absolute atomic E-state index is 0. The first-order valence-corrected chi connectivity index (χ1v) is 7.78. The molecule has 0 saturated carbocycles. The van der Waals surface area contributed by atoms with Crippen LogP contribution in [0, 0.1) is 0 Å². The molecule has 1 saturated heterocycles. The van der Waals surface area contributed by atoms with Crippen LogP contribution in [-0.4, -0.2) is 47.5 Å². The summed E-state index contributed by atoms with van der Waals surface area (Å²) in [5.74, 6) is 0.153. The largest absolute Gasteiger partial charge is 0.870 e. The second-order valence-corrected chi connectivity index (χ2v) is 6.37. The maximum Gasteiger partial charge on any atom is 0.177 e. The van der Waals surface area contributed by atoms with Crippen LogP contribution in [0.4, 0.5) is 0 Å². The van der Waals surface area contributed by atoms with Gasteiger partial charge < -0.3 is 10.4 Å². The second kappa shape index (κ2) is 7.52. The molecular formula is C14H20BrClN2O2. The summed E-state index contributed by atoms with van der Waals surface area (Å²) in [7, 11) is 0. The molecule has 112 valence electrons. The van der Waals surface area contributed by atoms with Crippen molar-refractivity contribution < 1.29 is 15.2 Å². The van der Waals surface area contributed by atoms with Gasteiger partial charge in [0.1, 0.15) is 6.17 Å². The van der Waals surface area contributed by atoms with E-state index in [2.05, 4.69) is 34.7 Å². The average Bonchev–Trinajstić information content (AvgIpc) is 2.64. The monoisotopic (exact) mass is 362 g/mol. The van der Waals surface area contributed by atoms with Crippen LogP contribution in [0.1, 0.15) is 24.2 Å². The highest BCUT2D eigenvalue weighted by molar-refractivity contribution is 9.10. The number of alkyl halides is 1. The van der Waals surface area contributed by atoms with Crippen LogP contribution in [0.3, 0.4) is 0 Å². The summed E-state index contributed by atoms with van der Waals surface area (Å²) in [4.78, 5) is 15.8. The van der Waals surface area contributed by atoms with Crippen molar-refractivity contribution in [2.45, 2.75) is 25.5 Å². The summed E-state index contributed by atoms with van der Waals surface area (Å²) in [5.41, 5.74) is 0.837. The number of ketones is 1. The summed E-state index contributed by atoms with van der Waals surface area (Å²) in [6, 6.07) is 7.51. The summed E-state index contributed by atoms with van der Waals surface area (Å²) in [6.45, 7) is 6.46. The van der Waals surface area contributed by atoms with Crippen molar-refractivity contribution in [1.29, 1.82) is 0 Å². The van der Waals surface area contributed by atoms with Crippen LogP contribution in [0.2, 0.25) is 0 Å². The number of nitrogens with zero attached hydrogens (tertiary/aromatic N) is 1. The second-order valence-electron chi connectivity index (χ2n) is 4.93. The van der Waals surface area contributed by atoms with E-state index < -0.39 is 0 Å². The van der Waals surface area contributed by atoms with E-state index in [-0.39, 0.29) is 16.8 Å². The molecule has 1 aliphatic heterocycles. The van der Waals surface area contributed by atoms with E-state index in [0.29, 0.717) is 12.7 Å². The van der Waals surface area contributed by atoms with Crippen molar-refractivity contribution in [3.63, 3.8) is 0 Å². The van der Waals surface area contributed by atoms with Gasteiger partial charge >= 0.3 is 0 Å². The van der Waals surface area contributed by atoms with Crippen LogP contribution < -0.4 is 4.90 Å². The molecule has 0 spiro atoms. The Morgan fingerprint density at radius 3 is 2.55 bits per heavy atom. The van der Waals surface area contributed by atoms with E-state index >= 15 is 0 Å². The van der Waals surface area contributed by atoms with Gasteiger partial charge in [0, 0.05) is 17.0 Å². The third-order valence-corrected chi connectivity index (χ3v) is 4.75. The smallest absolute Gasteiger partial charge is 0.177 e. The predicted octanol–water partition coefficient (Wildman–Crippen LogP) is 1.59. The zero-order chi connectivity index (χ0) is 14.0. The lowest BCUT2D eigenvalue weighted by molar-refractivity contribution is -0.925. The van der Waals surface area contributed by atoms with Gasteiger partial charge in [0.15, 0.2) is 11.3 Å². The summed E-state index contributed by atoms with van der Waals surface area (Å²) in [5, 5.41) is 0. The fourth-order valence-electron chi connectivity index (χ4n) is 2.61.